The predicted molar refractivity (Wildman–Crippen MR) is 86.8 cm³/mol. The van der Waals surface area contributed by atoms with Gasteiger partial charge in [0.05, 0.1) is 25.1 Å². The number of aromatic nitrogens is 3. The summed E-state index contributed by atoms with van der Waals surface area (Å²) in [4.78, 5) is 0. The summed E-state index contributed by atoms with van der Waals surface area (Å²) < 4.78 is 13.1. The molecule has 0 saturated carbocycles. The van der Waals surface area contributed by atoms with E-state index in [0.717, 1.165) is 34.9 Å². The lowest BCUT2D eigenvalue weighted by atomic mass is 10.1. The van der Waals surface area contributed by atoms with Crippen molar-refractivity contribution in [2.24, 2.45) is 0 Å². The van der Waals surface area contributed by atoms with E-state index in [1.807, 2.05) is 48.7 Å². The van der Waals surface area contributed by atoms with Crippen molar-refractivity contribution in [2.75, 3.05) is 18.9 Å². The van der Waals surface area contributed by atoms with E-state index in [-0.39, 0.29) is 0 Å². The van der Waals surface area contributed by atoms with Crippen LogP contribution in [0.2, 0.25) is 0 Å². The van der Waals surface area contributed by atoms with Crippen LogP contribution >= 0.6 is 0 Å². The van der Waals surface area contributed by atoms with Crippen molar-refractivity contribution in [1.29, 1.82) is 0 Å². The van der Waals surface area contributed by atoms with E-state index in [2.05, 4.69) is 10.3 Å². The van der Waals surface area contributed by atoms with Gasteiger partial charge in [-0.25, -0.2) is 4.68 Å². The largest absolute Gasteiger partial charge is 0.490 e. The molecule has 6 nitrogen and oxygen atoms in total. The molecule has 4 rings (SSSR count). The van der Waals surface area contributed by atoms with Gasteiger partial charge < -0.3 is 15.2 Å². The molecule has 2 heterocycles. The van der Waals surface area contributed by atoms with Crippen LogP contribution in [0.5, 0.6) is 11.5 Å². The van der Waals surface area contributed by atoms with E-state index in [0.29, 0.717) is 18.9 Å². The van der Waals surface area contributed by atoms with Crippen LogP contribution < -0.4 is 15.2 Å². The second kappa shape index (κ2) is 5.64. The van der Waals surface area contributed by atoms with Crippen LogP contribution in [0.25, 0.3) is 16.9 Å². The Morgan fingerprint density at radius 3 is 2.74 bits per heavy atom. The standard InChI is InChI=1S/C17H16N4O2/c18-13-3-1-4-14(10-13)21-11-15(19-20-21)12-5-6-16-17(9-12)23-8-2-7-22-16/h1,3-6,9-11H,2,7-8,18H2. The highest BCUT2D eigenvalue weighted by Crippen LogP contribution is 2.33. The molecule has 0 unspecified atom stereocenters. The minimum atomic E-state index is 0.659. The first kappa shape index (κ1) is 13.6. The molecule has 6 heteroatoms. The lowest BCUT2D eigenvalue weighted by molar-refractivity contribution is 0.297. The number of nitrogen functional groups attached to an aromatic ring is 1. The summed E-state index contributed by atoms with van der Waals surface area (Å²) in [6, 6.07) is 13.3. The fourth-order valence-electron chi connectivity index (χ4n) is 2.51. The summed E-state index contributed by atoms with van der Waals surface area (Å²) in [6.07, 6.45) is 2.75. The number of hydrogen-bond donors (Lipinski definition) is 1. The Balaban J connectivity index is 1.68. The number of hydrogen-bond acceptors (Lipinski definition) is 5. The Labute approximate surface area is 133 Å². The third-order valence-electron chi connectivity index (χ3n) is 3.67. The molecule has 0 saturated heterocycles. The van der Waals surface area contributed by atoms with Gasteiger partial charge in [0, 0.05) is 17.7 Å². The minimum absolute atomic E-state index is 0.659. The minimum Gasteiger partial charge on any atom is -0.490 e. The number of benzene rings is 2. The van der Waals surface area contributed by atoms with E-state index < -0.39 is 0 Å². The van der Waals surface area contributed by atoms with Crippen LogP contribution in [0, 0.1) is 0 Å². The smallest absolute Gasteiger partial charge is 0.161 e. The zero-order valence-corrected chi connectivity index (χ0v) is 12.5. The molecule has 1 aliphatic rings. The molecule has 2 aromatic carbocycles. The van der Waals surface area contributed by atoms with Gasteiger partial charge in [-0.3, -0.25) is 0 Å². The third kappa shape index (κ3) is 2.70. The van der Waals surface area contributed by atoms with Gasteiger partial charge in [0.25, 0.3) is 0 Å². The molecule has 0 radical (unpaired) electrons. The Morgan fingerprint density at radius 2 is 1.87 bits per heavy atom. The molecule has 0 aliphatic carbocycles. The van der Waals surface area contributed by atoms with Gasteiger partial charge in [0.1, 0.15) is 5.69 Å². The van der Waals surface area contributed by atoms with Crippen LogP contribution in [0.1, 0.15) is 6.42 Å². The molecule has 0 amide bonds. The molecule has 0 bridgehead atoms. The van der Waals surface area contributed by atoms with Gasteiger partial charge in [0.2, 0.25) is 0 Å². The zero-order valence-electron chi connectivity index (χ0n) is 12.5. The second-order valence-corrected chi connectivity index (χ2v) is 5.36. The zero-order chi connectivity index (χ0) is 15.6. The third-order valence-corrected chi connectivity index (χ3v) is 3.67. The highest BCUT2D eigenvalue weighted by molar-refractivity contribution is 5.63. The van der Waals surface area contributed by atoms with Gasteiger partial charge in [0.15, 0.2) is 11.5 Å². The Bertz CT molecular complexity index is 844. The molecule has 1 aromatic heterocycles. The van der Waals surface area contributed by atoms with Crippen LogP contribution in [-0.4, -0.2) is 28.2 Å². The van der Waals surface area contributed by atoms with E-state index in [1.165, 1.54) is 0 Å². The van der Waals surface area contributed by atoms with Gasteiger partial charge in [-0.1, -0.05) is 11.3 Å². The summed E-state index contributed by atoms with van der Waals surface area (Å²) in [5.74, 6) is 1.52. The first-order chi connectivity index (χ1) is 11.3. The highest BCUT2D eigenvalue weighted by Gasteiger charge is 2.13. The summed E-state index contributed by atoms with van der Waals surface area (Å²) in [5, 5.41) is 8.41. The van der Waals surface area contributed by atoms with Crippen LogP contribution in [0.3, 0.4) is 0 Å². The van der Waals surface area contributed by atoms with Crippen LogP contribution in [0.15, 0.2) is 48.7 Å². The average molecular weight is 308 g/mol. The predicted octanol–water partition coefficient (Wildman–Crippen LogP) is 2.68. The molecule has 2 N–H and O–H groups in total. The Morgan fingerprint density at radius 1 is 1.00 bits per heavy atom. The molecule has 116 valence electrons. The molecule has 3 aromatic rings. The van der Waals surface area contributed by atoms with Gasteiger partial charge >= 0.3 is 0 Å². The van der Waals surface area contributed by atoms with Crippen molar-refractivity contribution >= 4 is 5.69 Å². The topological polar surface area (TPSA) is 75.2 Å². The van der Waals surface area contributed by atoms with Gasteiger partial charge in [-0.05, 0) is 36.4 Å². The molecule has 0 atom stereocenters. The number of anilines is 1. The quantitative estimate of drug-likeness (QED) is 0.737. The average Bonchev–Trinajstić information content (AvgIpc) is 2.94. The molecule has 0 fully saturated rings. The van der Waals surface area contributed by atoms with Crippen LogP contribution in [0.4, 0.5) is 5.69 Å². The number of rotatable bonds is 2. The number of nitrogens with two attached hydrogens (primary N) is 1. The number of ether oxygens (including phenoxy) is 2. The van der Waals surface area contributed by atoms with E-state index in [9.17, 15) is 0 Å². The summed E-state index contributed by atoms with van der Waals surface area (Å²) >= 11 is 0. The summed E-state index contributed by atoms with van der Waals surface area (Å²) in [7, 11) is 0. The fourth-order valence-corrected chi connectivity index (χ4v) is 2.51. The molecular formula is C17H16N4O2. The van der Waals surface area contributed by atoms with E-state index in [4.69, 9.17) is 15.2 Å². The first-order valence-corrected chi connectivity index (χ1v) is 7.48. The van der Waals surface area contributed by atoms with Crippen molar-refractivity contribution < 1.29 is 9.47 Å². The maximum absolute atomic E-state index is 5.81. The van der Waals surface area contributed by atoms with Crippen molar-refractivity contribution in [3.05, 3.63) is 48.7 Å². The number of nitrogens with zero attached hydrogens (tertiary/aromatic N) is 3. The van der Waals surface area contributed by atoms with Gasteiger partial charge in [-0.2, -0.15) is 0 Å². The fraction of sp³-hybridized carbons (Fsp3) is 0.176. The number of fused-ring (bicyclic) bond motifs is 1. The van der Waals surface area contributed by atoms with Crippen molar-refractivity contribution in [2.45, 2.75) is 6.42 Å². The lowest BCUT2D eigenvalue weighted by Crippen LogP contribution is -1.97. The maximum atomic E-state index is 5.81. The molecule has 0 spiro atoms. The molecular weight excluding hydrogens is 292 g/mol. The van der Waals surface area contributed by atoms with Crippen molar-refractivity contribution in [1.82, 2.24) is 15.0 Å². The first-order valence-electron chi connectivity index (χ1n) is 7.48. The van der Waals surface area contributed by atoms with Crippen molar-refractivity contribution in [3.8, 4) is 28.4 Å². The summed E-state index contributed by atoms with van der Waals surface area (Å²) in [6.45, 7) is 1.34. The van der Waals surface area contributed by atoms with Crippen molar-refractivity contribution in [3.63, 3.8) is 0 Å². The lowest BCUT2D eigenvalue weighted by Gasteiger charge is -2.07. The van der Waals surface area contributed by atoms with E-state index >= 15 is 0 Å². The maximum Gasteiger partial charge on any atom is 0.161 e. The summed E-state index contributed by atoms with van der Waals surface area (Å²) in [5.41, 5.74) is 9.08. The van der Waals surface area contributed by atoms with Gasteiger partial charge in [-0.15, -0.1) is 5.10 Å². The molecule has 1 aliphatic heterocycles. The Hall–Kier alpha value is -3.02. The van der Waals surface area contributed by atoms with E-state index in [1.54, 1.807) is 4.68 Å². The molecule has 23 heavy (non-hydrogen) atoms. The monoisotopic (exact) mass is 308 g/mol. The van der Waals surface area contributed by atoms with Crippen LogP contribution in [-0.2, 0) is 0 Å². The normalized spacial score (nSPS) is 13.6. The second-order valence-electron chi connectivity index (χ2n) is 5.36. The Kier molecular flexibility index (Phi) is 3.34. The SMILES string of the molecule is Nc1cccc(-n2cc(-c3ccc4c(c3)OCCCO4)nn2)c1. The highest BCUT2D eigenvalue weighted by atomic mass is 16.5.